The quantitative estimate of drug-likeness (QED) is 0.208. The van der Waals surface area contributed by atoms with Crippen LogP contribution in [-0.4, -0.2) is 30.0 Å². The zero-order valence-corrected chi connectivity index (χ0v) is 24.5. The first-order valence-corrected chi connectivity index (χ1v) is 14.3. The Morgan fingerprint density at radius 3 is 2.26 bits per heavy atom. The topological polar surface area (TPSA) is 74.4 Å². The molecule has 0 aliphatic carbocycles. The standard InChI is InChI=1S/C31H25ClFN7OS/c1-20-25(29(32)38(36-20)22-12-6-4-7-13-22)18-34-39-27(24-16-10-11-17-26(24)33)19-42-31(39)35-28-21(2)37(3)40(30(28)41)23-14-8-5-9-15-23/h4-19H,1-3H3. The number of aromatic nitrogens is 5. The summed E-state index contributed by atoms with van der Waals surface area (Å²) in [5.74, 6) is -0.403. The smallest absolute Gasteiger partial charge is 0.283 e. The van der Waals surface area contributed by atoms with Crippen LogP contribution in [0.2, 0.25) is 5.15 Å². The van der Waals surface area contributed by atoms with Gasteiger partial charge in [0.15, 0.2) is 5.69 Å². The molecule has 42 heavy (non-hydrogen) atoms. The Hall–Kier alpha value is -4.80. The molecule has 3 aromatic carbocycles. The van der Waals surface area contributed by atoms with Gasteiger partial charge in [-0.15, -0.1) is 11.3 Å². The fourth-order valence-electron chi connectivity index (χ4n) is 4.64. The first-order valence-electron chi connectivity index (χ1n) is 13.0. The predicted molar refractivity (Wildman–Crippen MR) is 165 cm³/mol. The molecule has 0 aliphatic heterocycles. The van der Waals surface area contributed by atoms with Gasteiger partial charge in [-0.3, -0.25) is 9.48 Å². The van der Waals surface area contributed by atoms with E-state index in [9.17, 15) is 9.18 Å². The van der Waals surface area contributed by atoms with Gasteiger partial charge < -0.3 is 0 Å². The van der Waals surface area contributed by atoms with Crippen LogP contribution in [0.1, 0.15) is 17.0 Å². The van der Waals surface area contributed by atoms with Crippen LogP contribution in [-0.2, 0) is 7.05 Å². The molecule has 6 rings (SSSR count). The molecule has 0 bridgehead atoms. The highest BCUT2D eigenvalue weighted by Gasteiger charge is 2.18. The molecule has 0 fully saturated rings. The molecular weight excluding hydrogens is 573 g/mol. The summed E-state index contributed by atoms with van der Waals surface area (Å²) in [5, 5.41) is 11.5. The van der Waals surface area contributed by atoms with Gasteiger partial charge in [0, 0.05) is 18.0 Å². The second kappa shape index (κ2) is 11.2. The summed E-state index contributed by atoms with van der Waals surface area (Å²) in [7, 11) is 1.81. The van der Waals surface area contributed by atoms with Gasteiger partial charge in [-0.2, -0.15) is 10.2 Å². The third-order valence-electron chi connectivity index (χ3n) is 6.92. The van der Waals surface area contributed by atoms with E-state index in [2.05, 4.69) is 5.10 Å². The van der Waals surface area contributed by atoms with E-state index in [1.807, 2.05) is 81.6 Å². The van der Waals surface area contributed by atoms with Gasteiger partial charge in [0.2, 0.25) is 4.80 Å². The molecule has 8 nitrogen and oxygen atoms in total. The molecule has 0 aliphatic rings. The molecule has 0 N–H and O–H groups in total. The maximum atomic E-state index is 15.0. The molecule has 0 radical (unpaired) electrons. The lowest BCUT2D eigenvalue weighted by Gasteiger charge is -2.07. The van der Waals surface area contributed by atoms with Crippen LogP contribution >= 0.6 is 22.9 Å². The summed E-state index contributed by atoms with van der Waals surface area (Å²) < 4.78 is 21.5. The molecule has 0 saturated carbocycles. The summed E-state index contributed by atoms with van der Waals surface area (Å²) >= 11 is 8.00. The van der Waals surface area contributed by atoms with Crippen molar-refractivity contribution in [1.82, 2.24) is 23.8 Å². The molecule has 0 spiro atoms. The van der Waals surface area contributed by atoms with E-state index < -0.39 is 5.82 Å². The van der Waals surface area contributed by atoms with E-state index in [1.165, 1.54) is 22.1 Å². The number of halogens is 2. The van der Waals surface area contributed by atoms with E-state index in [-0.39, 0.29) is 11.2 Å². The fraction of sp³-hybridized carbons (Fsp3) is 0.0968. The van der Waals surface area contributed by atoms with E-state index in [1.54, 1.807) is 43.8 Å². The molecule has 11 heteroatoms. The van der Waals surface area contributed by atoms with Gasteiger partial charge in [-0.25, -0.2) is 23.4 Å². The minimum atomic E-state index is -0.403. The number of thiazole rings is 1. The summed E-state index contributed by atoms with van der Waals surface area (Å²) in [6, 6.07) is 25.4. The van der Waals surface area contributed by atoms with Gasteiger partial charge >= 0.3 is 0 Å². The molecule has 3 heterocycles. The monoisotopic (exact) mass is 597 g/mol. The van der Waals surface area contributed by atoms with Crippen molar-refractivity contribution >= 4 is 34.8 Å². The molecule has 210 valence electrons. The molecular formula is C31H25ClFN7OS. The van der Waals surface area contributed by atoms with Crippen LogP contribution in [0.25, 0.3) is 22.6 Å². The van der Waals surface area contributed by atoms with Gasteiger partial charge in [-0.05, 0) is 50.2 Å². The maximum absolute atomic E-state index is 15.0. The van der Waals surface area contributed by atoms with Crippen molar-refractivity contribution in [2.24, 2.45) is 17.1 Å². The average molecular weight is 598 g/mol. The SMILES string of the molecule is Cc1nn(-c2ccccc2)c(Cl)c1C=Nn1c(-c2ccccc2F)csc1=Nc1c(C)n(C)n(-c2ccccc2)c1=O. The van der Waals surface area contributed by atoms with Crippen LogP contribution < -0.4 is 10.4 Å². The average Bonchev–Trinajstić information content (AvgIpc) is 3.60. The van der Waals surface area contributed by atoms with Crippen LogP contribution in [0.15, 0.2) is 105 Å². The van der Waals surface area contributed by atoms with E-state index in [0.717, 1.165) is 11.4 Å². The number of para-hydroxylation sites is 2. The van der Waals surface area contributed by atoms with Gasteiger partial charge in [0.05, 0.1) is 40.2 Å². The van der Waals surface area contributed by atoms with Crippen molar-refractivity contribution in [3.8, 4) is 22.6 Å². The zero-order chi connectivity index (χ0) is 29.4. The normalized spacial score (nSPS) is 12.1. The number of nitrogens with zero attached hydrogens (tertiary/aromatic N) is 7. The highest BCUT2D eigenvalue weighted by Crippen LogP contribution is 2.26. The number of hydrogen-bond acceptors (Lipinski definition) is 5. The van der Waals surface area contributed by atoms with Crippen molar-refractivity contribution in [1.29, 1.82) is 0 Å². The van der Waals surface area contributed by atoms with Crippen molar-refractivity contribution in [2.75, 3.05) is 0 Å². The predicted octanol–water partition coefficient (Wildman–Crippen LogP) is 6.42. The number of benzene rings is 3. The van der Waals surface area contributed by atoms with Crippen molar-refractivity contribution in [3.05, 3.63) is 133 Å². The minimum absolute atomic E-state index is 0.262. The highest BCUT2D eigenvalue weighted by molar-refractivity contribution is 7.07. The molecule has 0 unspecified atom stereocenters. The summed E-state index contributed by atoms with van der Waals surface area (Å²) in [4.78, 5) is 18.7. The number of hydrogen-bond donors (Lipinski definition) is 0. The molecule has 6 aromatic rings. The van der Waals surface area contributed by atoms with Gasteiger partial charge in [-0.1, -0.05) is 60.1 Å². The zero-order valence-electron chi connectivity index (χ0n) is 22.9. The molecule has 0 amide bonds. The van der Waals surface area contributed by atoms with E-state index >= 15 is 0 Å². The Labute approximate surface area is 249 Å². The summed E-state index contributed by atoms with van der Waals surface area (Å²) in [5.41, 5.74) is 4.29. The largest absolute Gasteiger partial charge is 0.297 e. The Balaban J connectivity index is 1.53. The third-order valence-corrected chi connectivity index (χ3v) is 8.10. The fourth-order valence-corrected chi connectivity index (χ4v) is 5.79. The van der Waals surface area contributed by atoms with Gasteiger partial charge in [0.25, 0.3) is 5.56 Å². The van der Waals surface area contributed by atoms with Crippen molar-refractivity contribution < 1.29 is 4.39 Å². The second-order valence-corrected chi connectivity index (χ2v) is 10.7. The van der Waals surface area contributed by atoms with Crippen molar-refractivity contribution in [2.45, 2.75) is 13.8 Å². The van der Waals surface area contributed by atoms with Crippen LogP contribution in [0, 0.1) is 19.7 Å². The summed E-state index contributed by atoms with van der Waals surface area (Å²) in [6.45, 7) is 3.67. The number of rotatable bonds is 6. The highest BCUT2D eigenvalue weighted by atomic mass is 35.5. The second-order valence-electron chi connectivity index (χ2n) is 9.50. The lowest BCUT2D eigenvalue weighted by Crippen LogP contribution is -2.20. The maximum Gasteiger partial charge on any atom is 0.297 e. The van der Waals surface area contributed by atoms with E-state index in [4.69, 9.17) is 21.7 Å². The first-order chi connectivity index (χ1) is 20.3. The lowest BCUT2D eigenvalue weighted by molar-refractivity contribution is 0.629. The Kier molecular flexibility index (Phi) is 7.32. The van der Waals surface area contributed by atoms with Crippen LogP contribution in [0.4, 0.5) is 10.1 Å². The first kappa shape index (κ1) is 27.4. The Morgan fingerprint density at radius 1 is 0.929 bits per heavy atom. The van der Waals surface area contributed by atoms with Crippen LogP contribution in [0.3, 0.4) is 0 Å². The summed E-state index contributed by atoms with van der Waals surface area (Å²) in [6.07, 6.45) is 1.58. The Morgan fingerprint density at radius 2 is 1.57 bits per heavy atom. The molecule has 3 aromatic heterocycles. The molecule has 0 saturated heterocycles. The minimum Gasteiger partial charge on any atom is -0.283 e. The van der Waals surface area contributed by atoms with E-state index in [0.29, 0.717) is 38.2 Å². The van der Waals surface area contributed by atoms with Gasteiger partial charge in [0.1, 0.15) is 11.0 Å². The number of aryl methyl sites for hydroxylation is 1. The Bertz CT molecular complexity index is 2070. The molecule has 0 atom stereocenters. The van der Waals surface area contributed by atoms with Crippen molar-refractivity contribution in [3.63, 3.8) is 0 Å². The third kappa shape index (κ3) is 4.84. The van der Waals surface area contributed by atoms with Crippen LogP contribution in [0.5, 0.6) is 0 Å². The lowest BCUT2D eigenvalue weighted by atomic mass is 10.1.